The molecule has 0 atom stereocenters. The van der Waals surface area contributed by atoms with Crippen LogP contribution in [0.25, 0.3) is 0 Å². The topological polar surface area (TPSA) is 73.2 Å². The molecule has 0 aliphatic heterocycles. The number of carbonyl (C=O) groups excluding carboxylic acids is 2. The molecule has 31 heavy (non-hydrogen) atoms. The fourth-order valence-corrected chi connectivity index (χ4v) is 3.25. The molecule has 0 unspecified atom stereocenters. The maximum absolute atomic E-state index is 13.3. The number of nitrogens with one attached hydrogen (secondary N) is 1. The number of benzene rings is 2. The third-order valence-corrected chi connectivity index (χ3v) is 5.05. The Labute approximate surface area is 182 Å². The Kier molecular flexibility index (Phi) is 7.02. The van der Waals surface area contributed by atoms with Crippen molar-refractivity contribution in [1.82, 2.24) is 15.1 Å². The van der Waals surface area contributed by atoms with Crippen LogP contribution < -0.4 is 5.32 Å². The number of aryl methyl sites for hydroxylation is 1. The Morgan fingerprint density at radius 2 is 1.81 bits per heavy atom. The van der Waals surface area contributed by atoms with Crippen molar-refractivity contribution in [3.8, 4) is 0 Å². The number of rotatable bonds is 7. The summed E-state index contributed by atoms with van der Waals surface area (Å²) in [6.07, 6.45) is 0. The van der Waals surface area contributed by atoms with Gasteiger partial charge in [0.2, 0.25) is 0 Å². The molecule has 3 aromatic rings. The lowest BCUT2D eigenvalue weighted by atomic mass is 10.2. The molecule has 0 radical (unpaired) electrons. The molecule has 0 saturated heterocycles. The van der Waals surface area contributed by atoms with Crippen molar-refractivity contribution in [2.45, 2.75) is 26.9 Å². The van der Waals surface area contributed by atoms with Gasteiger partial charge in [0.05, 0.1) is 22.8 Å². The normalized spacial score (nSPS) is 10.7. The average Bonchev–Trinajstić information content (AvgIpc) is 3.00. The van der Waals surface area contributed by atoms with E-state index in [-0.39, 0.29) is 17.1 Å². The Morgan fingerprint density at radius 3 is 2.52 bits per heavy atom. The lowest BCUT2D eigenvalue weighted by Crippen LogP contribution is -2.28. The minimum absolute atomic E-state index is 0.203. The van der Waals surface area contributed by atoms with Crippen molar-refractivity contribution in [2.24, 2.45) is 0 Å². The lowest BCUT2D eigenvalue weighted by Gasteiger charge is -2.09. The summed E-state index contributed by atoms with van der Waals surface area (Å²) in [5.74, 6) is -4.00. The van der Waals surface area contributed by atoms with Crippen LogP contribution in [-0.2, 0) is 22.6 Å². The Balaban J connectivity index is 1.56. The van der Waals surface area contributed by atoms with Gasteiger partial charge in [0.25, 0.3) is 5.91 Å². The highest BCUT2D eigenvalue weighted by Gasteiger charge is 2.18. The van der Waals surface area contributed by atoms with Crippen LogP contribution in [0.15, 0.2) is 42.5 Å². The number of hydrogen-bond donors (Lipinski definition) is 1. The number of halogens is 3. The van der Waals surface area contributed by atoms with E-state index in [9.17, 15) is 18.4 Å². The molecular formula is C22H20ClF2N3O3. The van der Waals surface area contributed by atoms with E-state index >= 15 is 0 Å². The largest absolute Gasteiger partial charge is 0.452 e. The van der Waals surface area contributed by atoms with Gasteiger partial charge in [0, 0.05) is 17.8 Å². The summed E-state index contributed by atoms with van der Waals surface area (Å²) in [5, 5.41) is 6.88. The summed E-state index contributed by atoms with van der Waals surface area (Å²) >= 11 is 5.73. The quantitative estimate of drug-likeness (QED) is 0.439. The van der Waals surface area contributed by atoms with Gasteiger partial charge in [-0.1, -0.05) is 41.9 Å². The molecule has 6 nitrogen and oxygen atoms in total. The maximum atomic E-state index is 13.3. The fourth-order valence-electron chi connectivity index (χ4n) is 3.03. The maximum Gasteiger partial charge on any atom is 0.340 e. The molecule has 0 bridgehead atoms. The zero-order valence-electron chi connectivity index (χ0n) is 16.9. The number of ether oxygens (including phenoxy) is 1. The van der Waals surface area contributed by atoms with Gasteiger partial charge in [-0.05, 0) is 31.5 Å². The number of amides is 1. The molecule has 9 heteroatoms. The van der Waals surface area contributed by atoms with Gasteiger partial charge in [-0.25, -0.2) is 13.6 Å². The molecule has 1 N–H and O–H groups in total. The Bertz CT molecular complexity index is 1120. The summed E-state index contributed by atoms with van der Waals surface area (Å²) < 4.78 is 33.1. The summed E-state index contributed by atoms with van der Waals surface area (Å²) in [7, 11) is 0. The lowest BCUT2D eigenvalue weighted by molar-refractivity contribution is -0.124. The first kappa shape index (κ1) is 22.4. The summed E-state index contributed by atoms with van der Waals surface area (Å²) in [6, 6.07) is 11.2. The van der Waals surface area contributed by atoms with Crippen molar-refractivity contribution >= 4 is 23.5 Å². The first-order valence-corrected chi connectivity index (χ1v) is 9.79. The molecule has 3 rings (SSSR count). The van der Waals surface area contributed by atoms with Crippen LogP contribution in [0.3, 0.4) is 0 Å². The van der Waals surface area contributed by atoms with E-state index in [1.165, 1.54) is 0 Å². The molecular weight excluding hydrogens is 428 g/mol. The number of esters is 1. The number of aromatic nitrogens is 2. The van der Waals surface area contributed by atoms with Crippen LogP contribution in [0.5, 0.6) is 0 Å². The third-order valence-electron chi connectivity index (χ3n) is 4.73. The minimum Gasteiger partial charge on any atom is -0.452 e. The number of hydrogen-bond acceptors (Lipinski definition) is 4. The van der Waals surface area contributed by atoms with Crippen LogP contribution in [0.4, 0.5) is 8.78 Å². The average molecular weight is 448 g/mol. The van der Waals surface area contributed by atoms with E-state index in [4.69, 9.17) is 16.3 Å². The molecule has 1 amide bonds. The van der Waals surface area contributed by atoms with E-state index in [1.807, 2.05) is 48.9 Å². The highest BCUT2D eigenvalue weighted by Crippen LogP contribution is 2.21. The van der Waals surface area contributed by atoms with E-state index in [2.05, 4.69) is 10.4 Å². The predicted molar refractivity (Wildman–Crippen MR) is 111 cm³/mol. The summed E-state index contributed by atoms with van der Waals surface area (Å²) in [4.78, 5) is 24.1. The monoisotopic (exact) mass is 447 g/mol. The summed E-state index contributed by atoms with van der Waals surface area (Å²) in [5.41, 5.74) is 3.29. The molecule has 0 spiro atoms. The standard InChI is InChI=1S/C22H20ClF2N3O3/c1-13-17(14(2)28(27-13)11-15-6-4-3-5-7-15)10-26-21(29)12-31-22(30)16-8-19(24)20(25)9-18(16)23/h3-9H,10-12H2,1-2H3,(H,26,29). The van der Waals surface area contributed by atoms with Gasteiger partial charge in [-0.3, -0.25) is 9.48 Å². The molecule has 0 fully saturated rings. The van der Waals surface area contributed by atoms with Crippen molar-refractivity contribution in [3.05, 3.63) is 87.2 Å². The van der Waals surface area contributed by atoms with Crippen LogP contribution >= 0.6 is 11.6 Å². The second kappa shape index (κ2) is 9.70. The highest BCUT2D eigenvalue weighted by atomic mass is 35.5. The zero-order valence-corrected chi connectivity index (χ0v) is 17.7. The molecule has 162 valence electrons. The molecule has 0 aliphatic rings. The van der Waals surface area contributed by atoms with E-state index in [0.29, 0.717) is 18.7 Å². The van der Waals surface area contributed by atoms with Gasteiger partial charge < -0.3 is 10.1 Å². The van der Waals surface area contributed by atoms with Crippen molar-refractivity contribution < 1.29 is 23.1 Å². The molecule has 1 heterocycles. The van der Waals surface area contributed by atoms with E-state index < -0.39 is 30.1 Å². The molecule has 2 aromatic carbocycles. The Hall–Kier alpha value is -3.26. The fraction of sp³-hybridized carbons (Fsp3) is 0.227. The number of carbonyl (C=O) groups is 2. The predicted octanol–water partition coefficient (Wildman–Crippen LogP) is 3.95. The van der Waals surface area contributed by atoms with Gasteiger partial charge in [0.1, 0.15) is 0 Å². The van der Waals surface area contributed by atoms with Crippen LogP contribution in [0.2, 0.25) is 5.02 Å². The van der Waals surface area contributed by atoms with Crippen molar-refractivity contribution in [3.63, 3.8) is 0 Å². The van der Waals surface area contributed by atoms with Crippen LogP contribution in [0, 0.1) is 25.5 Å². The summed E-state index contributed by atoms with van der Waals surface area (Å²) in [6.45, 7) is 3.98. The van der Waals surface area contributed by atoms with Gasteiger partial charge in [-0.15, -0.1) is 0 Å². The second-order valence-electron chi connectivity index (χ2n) is 6.89. The molecule has 0 aliphatic carbocycles. The smallest absolute Gasteiger partial charge is 0.340 e. The zero-order chi connectivity index (χ0) is 22.5. The SMILES string of the molecule is Cc1nn(Cc2ccccc2)c(C)c1CNC(=O)COC(=O)c1cc(F)c(F)cc1Cl. The second-order valence-corrected chi connectivity index (χ2v) is 7.30. The van der Waals surface area contributed by atoms with Gasteiger partial charge in [0.15, 0.2) is 18.2 Å². The van der Waals surface area contributed by atoms with E-state index in [1.54, 1.807) is 0 Å². The third kappa shape index (κ3) is 5.46. The number of nitrogens with zero attached hydrogens (tertiary/aromatic N) is 2. The minimum atomic E-state index is -1.24. The van der Waals surface area contributed by atoms with Crippen molar-refractivity contribution in [2.75, 3.05) is 6.61 Å². The van der Waals surface area contributed by atoms with Gasteiger partial charge >= 0.3 is 5.97 Å². The molecule has 1 aromatic heterocycles. The van der Waals surface area contributed by atoms with Gasteiger partial charge in [-0.2, -0.15) is 5.10 Å². The first-order chi connectivity index (χ1) is 14.8. The highest BCUT2D eigenvalue weighted by molar-refractivity contribution is 6.33. The first-order valence-electron chi connectivity index (χ1n) is 9.41. The Morgan fingerprint density at radius 1 is 1.13 bits per heavy atom. The molecule has 0 saturated carbocycles. The van der Waals surface area contributed by atoms with E-state index in [0.717, 1.165) is 22.5 Å². The van der Waals surface area contributed by atoms with Crippen LogP contribution in [0.1, 0.15) is 32.9 Å². The van der Waals surface area contributed by atoms with Crippen LogP contribution in [-0.4, -0.2) is 28.3 Å². The van der Waals surface area contributed by atoms with Crippen molar-refractivity contribution in [1.29, 1.82) is 0 Å².